The molecule has 0 unspecified atom stereocenters. The van der Waals surface area contributed by atoms with E-state index in [1.54, 1.807) is 11.3 Å². The van der Waals surface area contributed by atoms with E-state index in [1.807, 2.05) is 50.2 Å². The predicted molar refractivity (Wildman–Crippen MR) is 79.3 cm³/mol. The molecule has 0 aliphatic carbocycles. The molecule has 3 heteroatoms. The van der Waals surface area contributed by atoms with Crippen molar-refractivity contribution in [3.05, 3.63) is 51.7 Å². The summed E-state index contributed by atoms with van der Waals surface area (Å²) < 4.78 is 5.62. The van der Waals surface area contributed by atoms with E-state index >= 15 is 0 Å². The molecular weight excluding hydrogens is 256 g/mol. The SMILES string of the molecule is CCc1ccc(C(=O)c2cccc(OC(C)C)c2)s1. The first-order valence-corrected chi connectivity index (χ1v) is 7.32. The Bertz CT molecular complexity index is 570. The first-order chi connectivity index (χ1) is 9.10. The van der Waals surface area contributed by atoms with E-state index in [-0.39, 0.29) is 11.9 Å². The Morgan fingerprint density at radius 2 is 2.05 bits per heavy atom. The Hall–Kier alpha value is -1.61. The Balaban J connectivity index is 2.23. The number of hydrogen-bond donors (Lipinski definition) is 0. The fraction of sp³-hybridized carbons (Fsp3) is 0.312. The summed E-state index contributed by atoms with van der Waals surface area (Å²) >= 11 is 1.57. The van der Waals surface area contributed by atoms with Crippen LogP contribution in [0.1, 0.15) is 40.9 Å². The Morgan fingerprint density at radius 1 is 1.26 bits per heavy atom. The second kappa shape index (κ2) is 6.02. The predicted octanol–water partition coefficient (Wildman–Crippen LogP) is 4.33. The molecule has 1 aromatic heterocycles. The van der Waals surface area contributed by atoms with Crippen molar-refractivity contribution >= 4 is 17.1 Å². The van der Waals surface area contributed by atoms with Crippen molar-refractivity contribution < 1.29 is 9.53 Å². The van der Waals surface area contributed by atoms with Crippen molar-refractivity contribution in [2.45, 2.75) is 33.3 Å². The van der Waals surface area contributed by atoms with Crippen molar-refractivity contribution in [3.63, 3.8) is 0 Å². The molecule has 0 N–H and O–H groups in total. The number of ketones is 1. The van der Waals surface area contributed by atoms with Gasteiger partial charge in [0.1, 0.15) is 5.75 Å². The van der Waals surface area contributed by atoms with Crippen LogP contribution in [0.5, 0.6) is 5.75 Å². The lowest BCUT2D eigenvalue weighted by atomic mass is 10.1. The minimum atomic E-state index is 0.0684. The van der Waals surface area contributed by atoms with Crippen LogP contribution >= 0.6 is 11.3 Å². The largest absolute Gasteiger partial charge is 0.491 e. The number of hydrogen-bond acceptors (Lipinski definition) is 3. The van der Waals surface area contributed by atoms with E-state index in [2.05, 4.69) is 6.92 Å². The molecule has 1 aromatic carbocycles. The zero-order valence-corrected chi connectivity index (χ0v) is 12.3. The molecule has 0 amide bonds. The number of rotatable bonds is 5. The molecule has 0 spiro atoms. The van der Waals surface area contributed by atoms with E-state index in [0.29, 0.717) is 5.56 Å². The molecular formula is C16H18O2S. The maximum absolute atomic E-state index is 12.4. The van der Waals surface area contributed by atoms with Crippen LogP contribution in [0.2, 0.25) is 0 Å². The van der Waals surface area contributed by atoms with Gasteiger partial charge in [-0.3, -0.25) is 4.79 Å². The molecule has 0 fully saturated rings. The quantitative estimate of drug-likeness (QED) is 0.759. The highest BCUT2D eigenvalue weighted by Gasteiger charge is 2.12. The third-order valence-electron chi connectivity index (χ3n) is 2.70. The summed E-state index contributed by atoms with van der Waals surface area (Å²) in [4.78, 5) is 14.4. The standard InChI is InChI=1S/C16H18O2S/c1-4-14-8-9-15(19-14)16(17)12-6-5-7-13(10-12)18-11(2)3/h5-11H,4H2,1-3H3. The molecule has 2 nitrogen and oxygen atoms in total. The van der Waals surface area contributed by atoms with Gasteiger partial charge in [-0.05, 0) is 44.5 Å². The first kappa shape index (κ1) is 13.8. The van der Waals surface area contributed by atoms with Gasteiger partial charge < -0.3 is 4.74 Å². The Morgan fingerprint density at radius 3 is 2.68 bits per heavy atom. The second-order valence-corrected chi connectivity index (χ2v) is 5.81. The highest BCUT2D eigenvalue weighted by atomic mass is 32.1. The van der Waals surface area contributed by atoms with Crippen LogP contribution in [0.25, 0.3) is 0 Å². The Labute approximate surface area is 118 Å². The number of thiophene rings is 1. The van der Waals surface area contributed by atoms with Crippen LogP contribution in [0.15, 0.2) is 36.4 Å². The molecule has 0 saturated heterocycles. The normalized spacial score (nSPS) is 10.7. The van der Waals surface area contributed by atoms with E-state index < -0.39 is 0 Å². The van der Waals surface area contributed by atoms with Crippen LogP contribution in [0.4, 0.5) is 0 Å². The third-order valence-corrected chi connectivity index (χ3v) is 3.93. The minimum Gasteiger partial charge on any atom is -0.491 e. The van der Waals surface area contributed by atoms with Crippen LogP contribution < -0.4 is 4.74 Å². The van der Waals surface area contributed by atoms with E-state index in [0.717, 1.165) is 17.0 Å². The van der Waals surface area contributed by atoms with Gasteiger partial charge in [0.25, 0.3) is 0 Å². The zero-order chi connectivity index (χ0) is 13.8. The van der Waals surface area contributed by atoms with Gasteiger partial charge in [-0.2, -0.15) is 0 Å². The Kier molecular flexibility index (Phi) is 4.38. The second-order valence-electron chi connectivity index (χ2n) is 4.64. The summed E-state index contributed by atoms with van der Waals surface area (Å²) in [6.45, 7) is 6.04. The van der Waals surface area contributed by atoms with Crippen molar-refractivity contribution in [1.29, 1.82) is 0 Å². The molecule has 19 heavy (non-hydrogen) atoms. The van der Waals surface area contributed by atoms with Gasteiger partial charge in [0.05, 0.1) is 11.0 Å². The van der Waals surface area contributed by atoms with Gasteiger partial charge in [-0.15, -0.1) is 11.3 Å². The van der Waals surface area contributed by atoms with Crippen molar-refractivity contribution in [2.24, 2.45) is 0 Å². The fourth-order valence-electron chi connectivity index (χ4n) is 1.82. The van der Waals surface area contributed by atoms with Gasteiger partial charge in [0.15, 0.2) is 0 Å². The number of benzene rings is 1. The van der Waals surface area contributed by atoms with Crippen LogP contribution in [-0.4, -0.2) is 11.9 Å². The first-order valence-electron chi connectivity index (χ1n) is 6.50. The summed E-state index contributed by atoms with van der Waals surface area (Å²) in [6.07, 6.45) is 1.08. The molecule has 100 valence electrons. The van der Waals surface area contributed by atoms with Crippen LogP contribution in [0.3, 0.4) is 0 Å². The van der Waals surface area contributed by atoms with Crippen LogP contribution in [-0.2, 0) is 6.42 Å². The van der Waals surface area contributed by atoms with Crippen molar-refractivity contribution in [3.8, 4) is 5.75 Å². The maximum atomic E-state index is 12.4. The average Bonchev–Trinajstić information content (AvgIpc) is 2.86. The van der Waals surface area contributed by atoms with Crippen molar-refractivity contribution in [1.82, 2.24) is 0 Å². The maximum Gasteiger partial charge on any atom is 0.203 e. The number of ether oxygens (including phenoxy) is 1. The molecule has 0 aliphatic rings. The fourth-order valence-corrected chi connectivity index (χ4v) is 2.72. The molecule has 0 aliphatic heterocycles. The van der Waals surface area contributed by atoms with Gasteiger partial charge >= 0.3 is 0 Å². The highest BCUT2D eigenvalue weighted by Crippen LogP contribution is 2.22. The number of carbonyl (C=O) groups is 1. The molecule has 0 saturated carbocycles. The summed E-state index contributed by atoms with van der Waals surface area (Å²) in [5.74, 6) is 0.812. The topological polar surface area (TPSA) is 26.3 Å². The van der Waals surface area contributed by atoms with Crippen LogP contribution in [0, 0.1) is 0 Å². The van der Waals surface area contributed by atoms with E-state index in [9.17, 15) is 4.79 Å². The molecule has 0 bridgehead atoms. The average molecular weight is 274 g/mol. The lowest BCUT2D eigenvalue weighted by Gasteiger charge is -2.10. The monoisotopic (exact) mass is 274 g/mol. The minimum absolute atomic E-state index is 0.0684. The zero-order valence-electron chi connectivity index (χ0n) is 11.5. The molecule has 2 rings (SSSR count). The molecule has 0 radical (unpaired) electrons. The smallest absolute Gasteiger partial charge is 0.203 e. The highest BCUT2D eigenvalue weighted by molar-refractivity contribution is 7.14. The summed E-state index contributed by atoms with van der Waals surface area (Å²) in [5, 5.41) is 0. The summed E-state index contributed by atoms with van der Waals surface area (Å²) in [6, 6.07) is 11.3. The van der Waals surface area contributed by atoms with Gasteiger partial charge in [0, 0.05) is 10.4 Å². The lowest BCUT2D eigenvalue weighted by Crippen LogP contribution is -2.06. The lowest BCUT2D eigenvalue weighted by molar-refractivity contribution is 0.104. The number of carbonyl (C=O) groups excluding carboxylic acids is 1. The van der Waals surface area contributed by atoms with E-state index in [4.69, 9.17) is 4.74 Å². The summed E-state index contributed by atoms with van der Waals surface area (Å²) in [7, 11) is 0. The van der Waals surface area contributed by atoms with Gasteiger partial charge in [-0.25, -0.2) is 0 Å². The molecule has 0 atom stereocenters. The third kappa shape index (κ3) is 3.44. The summed E-state index contributed by atoms with van der Waals surface area (Å²) in [5.41, 5.74) is 0.683. The molecule has 1 heterocycles. The van der Waals surface area contributed by atoms with Gasteiger partial charge in [0.2, 0.25) is 5.78 Å². The van der Waals surface area contributed by atoms with Crippen molar-refractivity contribution in [2.75, 3.05) is 0 Å². The number of aryl methyl sites for hydroxylation is 1. The van der Waals surface area contributed by atoms with E-state index in [1.165, 1.54) is 4.88 Å². The van der Waals surface area contributed by atoms with Gasteiger partial charge in [-0.1, -0.05) is 19.1 Å². The molecule has 2 aromatic rings.